The van der Waals surface area contributed by atoms with Gasteiger partial charge in [0.05, 0.1) is 22.6 Å². The van der Waals surface area contributed by atoms with Crippen LogP contribution in [0.15, 0.2) is 41.3 Å². The lowest BCUT2D eigenvalue weighted by Crippen LogP contribution is -2.59. The number of alkyl halides is 3. The highest BCUT2D eigenvalue weighted by Crippen LogP contribution is 2.60. The average molecular weight is 474 g/mol. The molecule has 4 rings (SSSR count). The molecule has 1 heterocycles. The topological polar surface area (TPSA) is 60.4 Å². The van der Waals surface area contributed by atoms with Crippen LogP contribution in [0, 0.1) is 23.0 Å². The first-order valence-corrected chi connectivity index (χ1v) is 11.3. The van der Waals surface area contributed by atoms with Crippen molar-refractivity contribution in [3.8, 4) is 5.75 Å². The van der Waals surface area contributed by atoms with Gasteiger partial charge in [-0.25, -0.2) is 17.2 Å². The zero-order valence-electron chi connectivity index (χ0n) is 17.1. The van der Waals surface area contributed by atoms with Crippen LogP contribution in [0.5, 0.6) is 5.75 Å². The van der Waals surface area contributed by atoms with E-state index in [0.29, 0.717) is 12.1 Å². The summed E-state index contributed by atoms with van der Waals surface area (Å²) in [5.41, 5.74) is -2.84. The molecule has 0 amide bonds. The average Bonchev–Trinajstić information content (AvgIpc) is 2.72. The van der Waals surface area contributed by atoms with E-state index < -0.39 is 65.5 Å². The minimum absolute atomic E-state index is 0.223. The van der Waals surface area contributed by atoms with Crippen molar-refractivity contribution >= 4 is 15.6 Å². The lowest BCUT2D eigenvalue weighted by Gasteiger charge is -2.53. The van der Waals surface area contributed by atoms with Crippen molar-refractivity contribution in [3.63, 3.8) is 0 Å². The van der Waals surface area contributed by atoms with Crippen LogP contribution in [-0.4, -0.2) is 20.8 Å². The van der Waals surface area contributed by atoms with Crippen LogP contribution < -0.4 is 4.74 Å². The molecule has 0 spiro atoms. The van der Waals surface area contributed by atoms with Gasteiger partial charge in [0.15, 0.2) is 21.4 Å². The molecule has 0 saturated heterocycles. The zero-order valence-corrected chi connectivity index (χ0v) is 17.9. The Morgan fingerprint density at radius 2 is 1.59 bits per heavy atom. The van der Waals surface area contributed by atoms with Crippen LogP contribution in [0.25, 0.3) is 0 Å². The Morgan fingerprint density at radius 3 is 2.19 bits per heavy atom. The molecule has 2 aliphatic rings. The minimum atomic E-state index is -4.68. The van der Waals surface area contributed by atoms with Crippen molar-refractivity contribution < 1.29 is 39.9 Å². The van der Waals surface area contributed by atoms with Gasteiger partial charge in [0.1, 0.15) is 16.3 Å². The number of hydrogen-bond donors (Lipinski definition) is 0. The van der Waals surface area contributed by atoms with Crippen LogP contribution >= 0.6 is 0 Å². The second-order valence-corrected chi connectivity index (χ2v) is 10.9. The summed E-state index contributed by atoms with van der Waals surface area (Å²) >= 11 is 0. The number of halogens is 5. The number of fused-ring (bicyclic) bond motifs is 3. The van der Waals surface area contributed by atoms with E-state index in [-0.39, 0.29) is 25.2 Å². The van der Waals surface area contributed by atoms with Gasteiger partial charge >= 0.3 is 6.18 Å². The first kappa shape index (κ1) is 22.7. The fourth-order valence-corrected chi connectivity index (χ4v) is 7.42. The predicted molar refractivity (Wildman–Crippen MR) is 104 cm³/mol. The van der Waals surface area contributed by atoms with Gasteiger partial charge in [0.25, 0.3) is 0 Å². The van der Waals surface area contributed by atoms with Gasteiger partial charge in [0.2, 0.25) is 0 Å². The Bertz CT molecular complexity index is 1200. The molecule has 1 aliphatic heterocycles. The highest BCUT2D eigenvalue weighted by molar-refractivity contribution is 7.92. The number of sulfone groups is 1. The van der Waals surface area contributed by atoms with Crippen molar-refractivity contribution in [1.29, 1.82) is 0 Å². The van der Waals surface area contributed by atoms with Crippen molar-refractivity contribution in [1.82, 2.24) is 0 Å². The molecule has 172 valence electrons. The Labute approximate surface area is 181 Å². The maximum atomic E-state index is 15.1. The molecule has 4 nitrogen and oxygen atoms in total. The molecule has 32 heavy (non-hydrogen) atoms. The summed E-state index contributed by atoms with van der Waals surface area (Å²) in [4.78, 5) is 12.2. The lowest BCUT2D eigenvalue weighted by atomic mass is 9.60. The van der Waals surface area contributed by atoms with E-state index >= 15 is 4.39 Å². The molecule has 0 unspecified atom stereocenters. The number of benzene rings is 2. The van der Waals surface area contributed by atoms with E-state index in [2.05, 4.69) is 0 Å². The van der Waals surface area contributed by atoms with Crippen molar-refractivity contribution in [2.45, 2.75) is 42.5 Å². The number of rotatable bonds is 2. The maximum Gasteiger partial charge on any atom is 0.416 e. The molecular weight excluding hydrogens is 455 g/mol. The Hall–Kier alpha value is -2.49. The zero-order chi connectivity index (χ0) is 23.7. The normalized spacial score (nSPS) is 25.0. The van der Waals surface area contributed by atoms with Gasteiger partial charge in [-0.1, -0.05) is 13.8 Å². The molecule has 0 aromatic heterocycles. The van der Waals surface area contributed by atoms with Gasteiger partial charge in [-0.15, -0.1) is 0 Å². The third kappa shape index (κ3) is 2.98. The smallest absolute Gasteiger partial charge is 0.416 e. The molecule has 0 radical (unpaired) electrons. The molecule has 1 aliphatic carbocycles. The van der Waals surface area contributed by atoms with Crippen LogP contribution in [0.2, 0.25) is 0 Å². The van der Waals surface area contributed by atoms with E-state index in [9.17, 15) is 30.8 Å². The second-order valence-electron chi connectivity index (χ2n) is 8.66. The summed E-state index contributed by atoms with van der Waals surface area (Å²) in [6.45, 7) is 2.66. The molecule has 10 heteroatoms. The molecule has 0 N–H and O–H groups in total. The fourth-order valence-electron chi connectivity index (χ4n) is 4.94. The third-order valence-electron chi connectivity index (χ3n) is 6.72. The number of hydrogen-bond acceptors (Lipinski definition) is 4. The van der Waals surface area contributed by atoms with E-state index in [1.54, 1.807) is 0 Å². The van der Waals surface area contributed by atoms with Gasteiger partial charge < -0.3 is 4.74 Å². The first-order chi connectivity index (χ1) is 14.7. The van der Waals surface area contributed by atoms with E-state index in [4.69, 9.17) is 4.74 Å². The lowest BCUT2D eigenvalue weighted by molar-refractivity contribution is -0.138. The fraction of sp³-hybridized carbons (Fsp3) is 0.409. The highest BCUT2D eigenvalue weighted by atomic mass is 32.2. The number of carbonyl (C=O) groups is 1. The molecule has 1 saturated carbocycles. The Balaban J connectivity index is 2.02. The van der Waals surface area contributed by atoms with Crippen molar-refractivity contribution in [2.75, 3.05) is 6.61 Å². The quantitative estimate of drug-likeness (QED) is 0.572. The van der Waals surface area contributed by atoms with Crippen molar-refractivity contribution in [2.24, 2.45) is 11.3 Å². The molecule has 2 aromatic rings. The third-order valence-corrected chi connectivity index (χ3v) is 9.27. The van der Waals surface area contributed by atoms with E-state index in [0.717, 1.165) is 24.3 Å². The molecule has 0 bridgehead atoms. The van der Waals surface area contributed by atoms with E-state index in [1.807, 2.05) is 0 Å². The number of carbonyl (C=O) groups excluding carboxylic acids is 1. The van der Waals surface area contributed by atoms with Crippen LogP contribution in [0.4, 0.5) is 22.0 Å². The summed E-state index contributed by atoms with van der Waals surface area (Å²) in [5, 5.41) is 0. The van der Waals surface area contributed by atoms with Crippen LogP contribution in [-0.2, 0) is 25.6 Å². The largest absolute Gasteiger partial charge is 0.490 e. The monoisotopic (exact) mass is 474 g/mol. The highest BCUT2D eigenvalue weighted by Gasteiger charge is 2.65. The summed E-state index contributed by atoms with van der Waals surface area (Å²) in [5.74, 6) is -3.89. The minimum Gasteiger partial charge on any atom is -0.490 e. The first-order valence-electron chi connectivity index (χ1n) is 9.81. The number of Topliss-reactive ketones (excluding diaryl/α,β-unsaturated/α-hetero) is 1. The van der Waals surface area contributed by atoms with Gasteiger partial charge in [-0.05, 0) is 42.8 Å². The summed E-state index contributed by atoms with van der Waals surface area (Å²) in [6.07, 6.45) is -5.25. The van der Waals surface area contributed by atoms with Gasteiger partial charge in [0, 0.05) is 17.8 Å². The number of ether oxygens (including phenoxy) is 1. The summed E-state index contributed by atoms with van der Waals surface area (Å²) in [7, 11) is -4.60. The Kier molecular flexibility index (Phi) is 4.97. The van der Waals surface area contributed by atoms with Crippen LogP contribution in [0.3, 0.4) is 0 Å². The van der Waals surface area contributed by atoms with Crippen LogP contribution in [0.1, 0.15) is 37.8 Å². The predicted octanol–water partition coefficient (Wildman–Crippen LogP) is 5.05. The maximum absolute atomic E-state index is 15.1. The van der Waals surface area contributed by atoms with E-state index in [1.165, 1.54) is 13.8 Å². The molecular formula is C22H19F5O4S. The SMILES string of the molecule is CC1(C)C(=O)CC[C@]2(S(=O)(=O)c3ccc(C(F)(F)F)cc3)c3c(F)ccc(F)c3OC[C@H]12. The molecule has 2 aromatic carbocycles. The molecule has 2 atom stereocenters. The number of ketones is 1. The van der Waals surface area contributed by atoms with Gasteiger partial charge in [-0.2, -0.15) is 13.2 Å². The Morgan fingerprint density at radius 1 is 1.00 bits per heavy atom. The van der Waals surface area contributed by atoms with Gasteiger partial charge in [-0.3, -0.25) is 4.79 Å². The molecule has 1 fully saturated rings. The van der Waals surface area contributed by atoms with Crippen molar-refractivity contribution in [3.05, 3.63) is 59.2 Å². The standard InChI is InChI=1S/C22H19F5O4S/c1-20(2)16-11-31-19-15(24)8-7-14(23)18(19)21(16,10-9-17(20)28)32(29,30)13-5-3-12(4-6-13)22(25,26)27/h3-8,16H,9-11H2,1-2H3/t16-,21-/m1/s1. The summed E-state index contributed by atoms with van der Waals surface area (Å²) in [6, 6.07) is 4.46. The summed E-state index contributed by atoms with van der Waals surface area (Å²) < 4.78 is 99.9. The second kappa shape index (κ2) is 7.00.